The van der Waals surface area contributed by atoms with Gasteiger partial charge >= 0.3 is 0 Å². The SMILES string of the molecule is c1cc2nnc3ccncc3c2cn1. The van der Waals surface area contributed by atoms with Crippen molar-refractivity contribution in [2.45, 2.75) is 0 Å². The Morgan fingerprint density at radius 3 is 1.71 bits per heavy atom. The van der Waals surface area contributed by atoms with E-state index < -0.39 is 0 Å². The monoisotopic (exact) mass is 182 g/mol. The lowest BCUT2D eigenvalue weighted by Crippen LogP contribution is -1.88. The Hall–Kier alpha value is -2.10. The summed E-state index contributed by atoms with van der Waals surface area (Å²) in [4.78, 5) is 8.13. The summed E-state index contributed by atoms with van der Waals surface area (Å²) >= 11 is 0. The number of fused-ring (bicyclic) bond motifs is 3. The van der Waals surface area contributed by atoms with Gasteiger partial charge in [-0.15, -0.1) is 10.2 Å². The predicted molar refractivity (Wildman–Crippen MR) is 52.6 cm³/mol. The number of hydrogen-bond acceptors (Lipinski definition) is 4. The van der Waals surface area contributed by atoms with Crippen LogP contribution in [-0.4, -0.2) is 20.2 Å². The molecule has 4 heteroatoms. The standard InChI is InChI=1S/C10H6N4/c1-3-11-5-7-8-6-12-4-2-10(8)14-13-9(1)7/h1-6H. The second-order valence-corrected chi connectivity index (χ2v) is 2.99. The first-order chi connectivity index (χ1) is 6.95. The Morgan fingerprint density at radius 1 is 0.714 bits per heavy atom. The Morgan fingerprint density at radius 2 is 1.21 bits per heavy atom. The topological polar surface area (TPSA) is 51.6 Å². The van der Waals surface area contributed by atoms with Crippen LogP contribution in [0.4, 0.5) is 0 Å². The average Bonchev–Trinajstić information content (AvgIpc) is 2.29. The number of rotatable bonds is 0. The van der Waals surface area contributed by atoms with Crippen LogP contribution in [0.25, 0.3) is 21.8 Å². The van der Waals surface area contributed by atoms with Crippen molar-refractivity contribution < 1.29 is 0 Å². The van der Waals surface area contributed by atoms with E-state index in [0.29, 0.717) is 0 Å². The van der Waals surface area contributed by atoms with Crippen LogP contribution in [0.2, 0.25) is 0 Å². The second kappa shape index (κ2) is 2.70. The lowest BCUT2D eigenvalue weighted by molar-refractivity contribution is 1.11. The molecular formula is C10H6N4. The maximum absolute atomic E-state index is 4.09. The van der Waals surface area contributed by atoms with E-state index in [4.69, 9.17) is 0 Å². The molecule has 0 amide bonds. The highest BCUT2D eigenvalue weighted by Gasteiger charge is 2.01. The van der Waals surface area contributed by atoms with Crippen LogP contribution in [0.15, 0.2) is 36.9 Å². The molecule has 0 saturated heterocycles. The molecule has 0 aromatic carbocycles. The zero-order valence-electron chi connectivity index (χ0n) is 7.25. The second-order valence-electron chi connectivity index (χ2n) is 2.99. The Kier molecular flexibility index (Phi) is 1.41. The van der Waals surface area contributed by atoms with Crippen LogP contribution in [0.1, 0.15) is 0 Å². The van der Waals surface area contributed by atoms with Gasteiger partial charge in [0.15, 0.2) is 0 Å². The summed E-state index contributed by atoms with van der Waals surface area (Å²) in [5.74, 6) is 0. The van der Waals surface area contributed by atoms with Gasteiger partial charge < -0.3 is 0 Å². The van der Waals surface area contributed by atoms with Crippen LogP contribution in [0.5, 0.6) is 0 Å². The molecule has 0 aliphatic carbocycles. The number of aromatic nitrogens is 4. The average molecular weight is 182 g/mol. The van der Waals surface area contributed by atoms with Gasteiger partial charge in [0.1, 0.15) is 0 Å². The van der Waals surface area contributed by atoms with Crippen molar-refractivity contribution in [3.8, 4) is 0 Å². The molecule has 3 heterocycles. The maximum Gasteiger partial charge on any atom is 0.0967 e. The molecule has 0 fully saturated rings. The van der Waals surface area contributed by atoms with Gasteiger partial charge in [0.25, 0.3) is 0 Å². The Bertz CT molecular complexity index is 551. The molecule has 0 atom stereocenters. The lowest BCUT2D eigenvalue weighted by Gasteiger charge is -1.98. The van der Waals surface area contributed by atoms with Gasteiger partial charge in [-0.25, -0.2) is 0 Å². The third kappa shape index (κ3) is 0.939. The van der Waals surface area contributed by atoms with Crippen molar-refractivity contribution in [2.75, 3.05) is 0 Å². The smallest absolute Gasteiger partial charge is 0.0967 e. The Labute approximate surface area is 79.6 Å². The molecule has 3 rings (SSSR count). The molecule has 0 unspecified atom stereocenters. The summed E-state index contributed by atoms with van der Waals surface area (Å²) in [6.45, 7) is 0. The third-order valence-electron chi connectivity index (χ3n) is 2.15. The lowest BCUT2D eigenvalue weighted by atomic mass is 10.2. The molecule has 0 N–H and O–H groups in total. The van der Waals surface area contributed by atoms with Crippen LogP contribution >= 0.6 is 0 Å². The van der Waals surface area contributed by atoms with Crippen molar-refractivity contribution >= 4 is 21.8 Å². The highest BCUT2D eigenvalue weighted by atomic mass is 15.1. The zero-order valence-corrected chi connectivity index (χ0v) is 7.25. The minimum absolute atomic E-state index is 0.848. The molecule has 0 bridgehead atoms. The first-order valence-electron chi connectivity index (χ1n) is 4.25. The highest BCUT2D eigenvalue weighted by Crippen LogP contribution is 2.18. The molecule has 0 radical (unpaired) electrons. The first kappa shape index (κ1) is 7.32. The maximum atomic E-state index is 4.09. The number of hydrogen-bond donors (Lipinski definition) is 0. The first-order valence-corrected chi connectivity index (χ1v) is 4.25. The van der Waals surface area contributed by atoms with Crippen molar-refractivity contribution in [1.82, 2.24) is 20.2 Å². The zero-order chi connectivity index (χ0) is 9.38. The van der Waals surface area contributed by atoms with Gasteiger partial charge in [0, 0.05) is 35.6 Å². The van der Waals surface area contributed by atoms with Gasteiger partial charge in [-0.1, -0.05) is 0 Å². The molecule has 3 aromatic heterocycles. The van der Waals surface area contributed by atoms with E-state index in [2.05, 4.69) is 20.2 Å². The van der Waals surface area contributed by atoms with Crippen LogP contribution < -0.4 is 0 Å². The van der Waals surface area contributed by atoms with Crippen molar-refractivity contribution in [3.63, 3.8) is 0 Å². The molecule has 4 nitrogen and oxygen atoms in total. The van der Waals surface area contributed by atoms with Crippen LogP contribution in [0.3, 0.4) is 0 Å². The summed E-state index contributed by atoms with van der Waals surface area (Å²) in [6.07, 6.45) is 6.99. The van der Waals surface area contributed by atoms with Gasteiger partial charge in [-0.2, -0.15) is 0 Å². The molecule has 0 spiro atoms. The summed E-state index contributed by atoms with van der Waals surface area (Å²) in [5.41, 5.74) is 1.70. The fraction of sp³-hybridized carbons (Fsp3) is 0. The van der Waals surface area contributed by atoms with Crippen molar-refractivity contribution in [3.05, 3.63) is 36.9 Å². The van der Waals surface area contributed by atoms with Crippen molar-refractivity contribution in [2.24, 2.45) is 0 Å². The normalized spacial score (nSPS) is 10.9. The van der Waals surface area contributed by atoms with E-state index in [1.165, 1.54) is 0 Å². The molecule has 0 saturated carbocycles. The third-order valence-corrected chi connectivity index (χ3v) is 2.15. The largest absolute Gasteiger partial charge is 0.264 e. The quantitative estimate of drug-likeness (QED) is 0.495. The van der Waals surface area contributed by atoms with Gasteiger partial charge in [-0.05, 0) is 12.1 Å². The highest BCUT2D eigenvalue weighted by molar-refractivity contribution is 6.02. The minimum Gasteiger partial charge on any atom is -0.264 e. The van der Waals surface area contributed by atoms with E-state index in [-0.39, 0.29) is 0 Å². The van der Waals surface area contributed by atoms with Crippen molar-refractivity contribution in [1.29, 1.82) is 0 Å². The molecule has 66 valence electrons. The fourth-order valence-corrected chi connectivity index (χ4v) is 1.47. The number of pyridine rings is 2. The fourth-order valence-electron chi connectivity index (χ4n) is 1.47. The Balaban J connectivity index is 2.61. The van der Waals surface area contributed by atoms with Gasteiger partial charge in [-0.3, -0.25) is 9.97 Å². The van der Waals surface area contributed by atoms with Crippen LogP contribution in [-0.2, 0) is 0 Å². The van der Waals surface area contributed by atoms with Crippen LogP contribution in [0, 0.1) is 0 Å². The molecule has 0 aliphatic rings. The summed E-state index contributed by atoms with van der Waals surface area (Å²) in [7, 11) is 0. The van der Waals surface area contributed by atoms with E-state index in [1.807, 2.05) is 12.1 Å². The van der Waals surface area contributed by atoms with E-state index in [9.17, 15) is 0 Å². The predicted octanol–water partition coefficient (Wildman–Crippen LogP) is 1.57. The molecule has 0 aliphatic heterocycles. The number of nitrogens with zero attached hydrogens (tertiary/aromatic N) is 4. The molecule has 14 heavy (non-hydrogen) atoms. The van der Waals surface area contributed by atoms with E-state index in [1.54, 1.807) is 24.8 Å². The molecular weight excluding hydrogens is 176 g/mol. The van der Waals surface area contributed by atoms with Gasteiger partial charge in [0.05, 0.1) is 11.0 Å². The summed E-state index contributed by atoms with van der Waals surface area (Å²) in [6, 6.07) is 3.68. The van der Waals surface area contributed by atoms with E-state index in [0.717, 1.165) is 21.8 Å². The minimum atomic E-state index is 0.848. The van der Waals surface area contributed by atoms with Gasteiger partial charge in [0.2, 0.25) is 0 Å². The van der Waals surface area contributed by atoms with E-state index >= 15 is 0 Å². The molecule has 3 aromatic rings. The summed E-state index contributed by atoms with van der Waals surface area (Å²) in [5, 5.41) is 10.2. The summed E-state index contributed by atoms with van der Waals surface area (Å²) < 4.78 is 0.